The van der Waals surface area contributed by atoms with Crippen LogP contribution < -0.4 is 0 Å². The Bertz CT molecular complexity index is 338. The summed E-state index contributed by atoms with van der Waals surface area (Å²) in [4.78, 5) is 4.29. The van der Waals surface area contributed by atoms with Gasteiger partial charge in [0.25, 0.3) is 0 Å². The average Bonchev–Trinajstić information content (AvgIpc) is 2.67. The highest BCUT2D eigenvalue weighted by Crippen LogP contribution is 2.21. The zero-order valence-electron chi connectivity index (χ0n) is 7.60. The first-order valence-electron chi connectivity index (χ1n) is 4.56. The molecule has 2 rings (SSSR count). The quantitative estimate of drug-likeness (QED) is 0.693. The van der Waals surface area contributed by atoms with Gasteiger partial charge in [-0.05, 0) is 6.42 Å². The van der Waals surface area contributed by atoms with Gasteiger partial charge in [-0.1, -0.05) is 36.4 Å². The van der Waals surface area contributed by atoms with Crippen molar-refractivity contribution in [1.29, 1.82) is 0 Å². The maximum absolute atomic E-state index is 5.05. The predicted molar refractivity (Wildman–Crippen MR) is 49.3 cm³/mol. The van der Waals surface area contributed by atoms with Crippen molar-refractivity contribution in [1.82, 2.24) is 10.1 Å². The fraction of sp³-hybridized carbons (Fsp3) is 0.400. The van der Waals surface area contributed by atoms with Crippen molar-refractivity contribution >= 4 is 0 Å². The molecular weight excluding hydrogens is 164 g/mol. The van der Waals surface area contributed by atoms with Crippen LogP contribution in [0, 0.1) is 0 Å². The first kappa shape index (κ1) is 8.23. The normalized spacial score (nSPS) is 20.8. The van der Waals surface area contributed by atoms with E-state index < -0.39 is 0 Å². The van der Waals surface area contributed by atoms with E-state index in [0.717, 1.165) is 24.6 Å². The minimum absolute atomic E-state index is 0.300. The van der Waals surface area contributed by atoms with E-state index in [-0.39, 0.29) is 0 Å². The lowest BCUT2D eigenvalue weighted by Crippen LogP contribution is -1.98. The Morgan fingerprint density at radius 1 is 1.54 bits per heavy atom. The lowest BCUT2D eigenvalue weighted by atomic mass is 10.0. The van der Waals surface area contributed by atoms with Gasteiger partial charge in [-0.3, -0.25) is 0 Å². The van der Waals surface area contributed by atoms with E-state index in [1.165, 1.54) is 0 Å². The second-order valence-corrected chi connectivity index (χ2v) is 3.06. The first-order valence-corrected chi connectivity index (χ1v) is 4.56. The van der Waals surface area contributed by atoms with Gasteiger partial charge in [-0.25, -0.2) is 0 Å². The molecule has 3 nitrogen and oxygen atoms in total. The zero-order valence-corrected chi connectivity index (χ0v) is 7.60. The van der Waals surface area contributed by atoms with Gasteiger partial charge in [0.1, 0.15) is 0 Å². The number of allylic oxidation sites excluding steroid dienone is 4. The van der Waals surface area contributed by atoms with Crippen molar-refractivity contribution in [2.75, 3.05) is 0 Å². The van der Waals surface area contributed by atoms with Gasteiger partial charge >= 0.3 is 0 Å². The average molecular weight is 176 g/mol. The molecule has 0 amide bonds. The highest BCUT2D eigenvalue weighted by molar-refractivity contribution is 5.18. The van der Waals surface area contributed by atoms with E-state index in [4.69, 9.17) is 4.52 Å². The van der Waals surface area contributed by atoms with Crippen LogP contribution in [0.4, 0.5) is 0 Å². The maximum Gasteiger partial charge on any atom is 0.226 e. The minimum atomic E-state index is 0.300. The van der Waals surface area contributed by atoms with E-state index in [0.29, 0.717) is 5.92 Å². The van der Waals surface area contributed by atoms with Crippen LogP contribution >= 0.6 is 0 Å². The summed E-state index contributed by atoms with van der Waals surface area (Å²) >= 11 is 0. The Balaban J connectivity index is 2.16. The van der Waals surface area contributed by atoms with E-state index in [9.17, 15) is 0 Å². The standard InChI is InChI=1S/C10H12N2O/c1-2-9-11-10(12-13-9)8-6-4-3-5-7-8/h3-6,8H,2,7H2,1H3. The van der Waals surface area contributed by atoms with Crippen molar-refractivity contribution in [3.8, 4) is 0 Å². The van der Waals surface area contributed by atoms with Gasteiger partial charge < -0.3 is 4.52 Å². The number of rotatable bonds is 2. The molecule has 0 saturated heterocycles. The van der Waals surface area contributed by atoms with Crippen LogP contribution in [0.3, 0.4) is 0 Å². The molecular formula is C10H12N2O. The van der Waals surface area contributed by atoms with Gasteiger partial charge in [0.05, 0.1) is 0 Å². The van der Waals surface area contributed by atoms with Crippen LogP contribution in [0.2, 0.25) is 0 Å². The Morgan fingerprint density at radius 3 is 3.08 bits per heavy atom. The molecule has 1 aromatic heterocycles. The largest absolute Gasteiger partial charge is 0.339 e. The molecule has 1 heterocycles. The molecule has 0 spiro atoms. The molecule has 0 saturated carbocycles. The molecule has 1 unspecified atom stereocenters. The third-order valence-corrected chi connectivity index (χ3v) is 2.10. The fourth-order valence-electron chi connectivity index (χ4n) is 1.33. The summed E-state index contributed by atoms with van der Waals surface area (Å²) in [7, 11) is 0. The van der Waals surface area contributed by atoms with Crippen LogP contribution in [-0.4, -0.2) is 10.1 Å². The van der Waals surface area contributed by atoms with E-state index in [2.05, 4.69) is 22.3 Å². The molecule has 0 aliphatic heterocycles. The molecule has 0 N–H and O–H groups in total. The van der Waals surface area contributed by atoms with E-state index in [1.54, 1.807) is 0 Å². The molecule has 0 bridgehead atoms. The molecule has 1 atom stereocenters. The van der Waals surface area contributed by atoms with Gasteiger partial charge in [0.15, 0.2) is 5.82 Å². The van der Waals surface area contributed by atoms with Crippen LogP contribution in [0.5, 0.6) is 0 Å². The van der Waals surface area contributed by atoms with Crippen molar-refractivity contribution in [3.63, 3.8) is 0 Å². The highest BCUT2D eigenvalue weighted by Gasteiger charge is 2.14. The topological polar surface area (TPSA) is 38.9 Å². The summed E-state index contributed by atoms with van der Waals surface area (Å²) in [6, 6.07) is 0. The third kappa shape index (κ3) is 1.69. The second-order valence-electron chi connectivity index (χ2n) is 3.06. The number of hydrogen-bond acceptors (Lipinski definition) is 3. The van der Waals surface area contributed by atoms with Crippen molar-refractivity contribution in [2.45, 2.75) is 25.7 Å². The van der Waals surface area contributed by atoms with Crippen molar-refractivity contribution in [2.24, 2.45) is 0 Å². The van der Waals surface area contributed by atoms with Gasteiger partial charge in [0.2, 0.25) is 5.89 Å². The van der Waals surface area contributed by atoms with E-state index >= 15 is 0 Å². The molecule has 0 aromatic carbocycles. The van der Waals surface area contributed by atoms with E-state index in [1.807, 2.05) is 19.1 Å². The van der Waals surface area contributed by atoms with Crippen LogP contribution in [0.15, 0.2) is 28.8 Å². The summed E-state index contributed by atoms with van der Waals surface area (Å²) in [6.45, 7) is 2.01. The molecule has 0 radical (unpaired) electrons. The zero-order chi connectivity index (χ0) is 9.10. The summed E-state index contributed by atoms with van der Waals surface area (Å²) in [5.74, 6) is 1.82. The Hall–Kier alpha value is -1.38. The van der Waals surface area contributed by atoms with Gasteiger partial charge in [-0.2, -0.15) is 4.98 Å². The summed E-state index contributed by atoms with van der Waals surface area (Å²) < 4.78 is 5.05. The number of aryl methyl sites for hydroxylation is 1. The van der Waals surface area contributed by atoms with Crippen LogP contribution in [-0.2, 0) is 6.42 Å². The molecule has 3 heteroatoms. The monoisotopic (exact) mass is 176 g/mol. The lowest BCUT2D eigenvalue weighted by molar-refractivity contribution is 0.375. The first-order chi connectivity index (χ1) is 6.40. The molecule has 13 heavy (non-hydrogen) atoms. The molecule has 0 fully saturated rings. The van der Waals surface area contributed by atoms with Gasteiger partial charge in [-0.15, -0.1) is 0 Å². The smallest absolute Gasteiger partial charge is 0.226 e. The molecule has 68 valence electrons. The van der Waals surface area contributed by atoms with Crippen LogP contribution in [0.25, 0.3) is 0 Å². The van der Waals surface area contributed by atoms with Crippen molar-refractivity contribution < 1.29 is 4.52 Å². The summed E-state index contributed by atoms with van der Waals surface area (Å²) in [5.41, 5.74) is 0. The summed E-state index contributed by atoms with van der Waals surface area (Å²) in [5, 5.41) is 3.94. The number of hydrogen-bond donors (Lipinski definition) is 0. The third-order valence-electron chi connectivity index (χ3n) is 2.10. The lowest BCUT2D eigenvalue weighted by Gasteiger charge is -2.06. The fourth-order valence-corrected chi connectivity index (χ4v) is 1.33. The Morgan fingerprint density at radius 2 is 2.46 bits per heavy atom. The predicted octanol–water partition coefficient (Wildman–Crippen LogP) is 2.23. The number of nitrogens with zero attached hydrogens (tertiary/aromatic N) is 2. The molecule has 1 aliphatic carbocycles. The Kier molecular flexibility index (Phi) is 2.25. The molecule has 1 aromatic rings. The van der Waals surface area contributed by atoms with Gasteiger partial charge in [0, 0.05) is 12.3 Å². The summed E-state index contributed by atoms with van der Waals surface area (Å²) in [6.07, 6.45) is 10.1. The molecule has 1 aliphatic rings. The Labute approximate surface area is 77.2 Å². The maximum atomic E-state index is 5.05. The number of aromatic nitrogens is 2. The highest BCUT2D eigenvalue weighted by atomic mass is 16.5. The second kappa shape index (κ2) is 3.56. The minimum Gasteiger partial charge on any atom is -0.339 e. The van der Waals surface area contributed by atoms with Crippen molar-refractivity contribution in [3.05, 3.63) is 36.0 Å². The SMILES string of the molecule is CCc1nc(C2C=CC=CC2)no1. The van der Waals surface area contributed by atoms with Crippen LogP contribution in [0.1, 0.15) is 31.0 Å².